The van der Waals surface area contributed by atoms with Gasteiger partial charge in [-0.2, -0.15) is 0 Å². The molecule has 0 unspecified atom stereocenters. The van der Waals surface area contributed by atoms with Gasteiger partial charge in [0.25, 0.3) is 0 Å². The van der Waals surface area contributed by atoms with Crippen LogP contribution in [0.5, 0.6) is 0 Å². The lowest BCUT2D eigenvalue weighted by molar-refractivity contribution is 0.140. The number of hydrogen-bond acceptors (Lipinski definition) is 3. The zero-order valence-corrected chi connectivity index (χ0v) is 12.7. The van der Waals surface area contributed by atoms with Crippen LogP contribution in [-0.2, 0) is 17.8 Å². The summed E-state index contributed by atoms with van der Waals surface area (Å²) < 4.78 is 6.22. The molecule has 2 aromatic rings. The quantitative estimate of drug-likeness (QED) is 0.894. The number of nitrogens with one attached hydrogen (secondary N) is 1. The Hall–Kier alpha value is -1.33. The highest BCUT2D eigenvalue weighted by molar-refractivity contribution is 9.11. The minimum absolute atomic E-state index is 0.302. The molecule has 0 saturated heterocycles. The number of amides is 1. The molecule has 1 aromatic heterocycles. The number of rotatable bonds is 5. The van der Waals surface area contributed by atoms with Crippen molar-refractivity contribution in [3.63, 3.8) is 0 Å². The third-order valence-corrected chi connectivity index (χ3v) is 4.07. The van der Waals surface area contributed by atoms with Crippen LogP contribution in [0.25, 0.3) is 0 Å². The first-order valence-electron chi connectivity index (χ1n) is 5.91. The predicted molar refractivity (Wildman–Crippen MR) is 80.4 cm³/mol. The second-order valence-electron chi connectivity index (χ2n) is 4.00. The Kier molecular flexibility index (Phi) is 5.42. The van der Waals surface area contributed by atoms with Gasteiger partial charge >= 0.3 is 6.09 Å². The first-order valence-corrected chi connectivity index (χ1v) is 7.59. The number of alkyl carbamates (subject to hydrolysis) is 1. The predicted octanol–water partition coefficient (Wildman–Crippen LogP) is 3.98. The third kappa shape index (κ3) is 5.04. The summed E-state index contributed by atoms with van der Waals surface area (Å²) in [6, 6.07) is 11.7. The molecule has 0 bridgehead atoms. The number of ether oxygens (including phenoxy) is 1. The topological polar surface area (TPSA) is 38.3 Å². The first-order chi connectivity index (χ1) is 9.24. The molecule has 0 spiro atoms. The summed E-state index contributed by atoms with van der Waals surface area (Å²) >= 11 is 5.05. The van der Waals surface area contributed by atoms with Crippen molar-refractivity contribution >= 4 is 33.4 Å². The van der Waals surface area contributed by atoms with Gasteiger partial charge in [-0.25, -0.2) is 4.79 Å². The van der Waals surface area contributed by atoms with Crippen molar-refractivity contribution in [1.82, 2.24) is 5.32 Å². The number of carbonyl (C=O) groups is 1. The maximum absolute atomic E-state index is 11.5. The van der Waals surface area contributed by atoms with Gasteiger partial charge in [-0.15, -0.1) is 11.3 Å². The molecule has 0 radical (unpaired) electrons. The fourth-order valence-corrected chi connectivity index (χ4v) is 2.80. The zero-order chi connectivity index (χ0) is 13.5. The molecule has 0 aliphatic heterocycles. The highest BCUT2D eigenvalue weighted by atomic mass is 79.9. The Balaban J connectivity index is 1.65. The van der Waals surface area contributed by atoms with Crippen LogP contribution in [0, 0.1) is 0 Å². The van der Waals surface area contributed by atoms with Gasteiger partial charge in [0.2, 0.25) is 0 Å². The molecule has 0 fully saturated rings. The average molecular weight is 340 g/mol. The van der Waals surface area contributed by atoms with Crippen LogP contribution in [0.2, 0.25) is 0 Å². The van der Waals surface area contributed by atoms with Gasteiger partial charge in [-0.05, 0) is 44.9 Å². The van der Waals surface area contributed by atoms with E-state index in [1.807, 2.05) is 30.3 Å². The molecule has 0 aliphatic rings. The van der Waals surface area contributed by atoms with Gasteiger partial charge < -0.3 is 10.1 Å². The van der Waals surface area contributed by atoms with Crippen molar-refractivity contribution < 1.29 is 9.53 Å². The second-order valence-corrected chi connectivity index (χ2v) is 6.29. The first kappa shape index (κ1) is 14.1. The van der Waals surface area contributed by atoms with Gasteiger partial charge in [-0.3, -0.25) is 0 Å². The second kappa shape index (κ2) is 7.31. The number of carbonyl (C=O) groups excluding carboxylic acids is 1. The third-order valence-electron chi connectivity index (χ3n) is 2.52. The van der Waals surface area contributed by atoms with E-state index in [1.165, 1.54) is 5.56 Å². The summed E-state index contributed by atoms with van der Waals surface area (Å²) in [6.07, 6.45) is 0.431. The highest BCUT2D eigenvalue weighted by Gasteiger charge is 2.03. The van der Waals surface area contributed by atoms with Gasteiger partial charge in [0, 0.05) is 6.54 Å². The molecule has 1 N–H and O–H groups in total. The average Bonchev–Trinajstić information content (AvgIpc) is 2.83. The molecule has 3 nitrogen and oxygen atoms in total. The summed E-state index contributed by atoms with van der Waals surface area (Å²) in [5.74, 6) is 0. The SMILES string of the molecule is O=C(NCCc1csc(Br)c1)OCc1ccccc1. The number of hydrogen-bond donors (Lipinski definition) is 1. The van der Waals surface area contributed by atoms with E-state index in [4.69, 9.17) is 4.74 Å². The molecule has 0 aliphatic carbocycles. The van der Waals surface area contributed by atoms with E-state index in [2.05, 4.69) is 32.7 Å². The largest absolute Gasteiger partial charge is 0.445 e. The van der Waals surface area contributed by atoms with Crippen molar-refractivity contribution in [2.24, 2.45) is 0 Å². The standard InChI is InChI=1S/C14H14BrNO2S/c15-13-8-12(10-19-13)6-7-16-14(17)18-9-11-4-2-1-3-5-11/h1-5,8,10H,6-7,9H2,(H,16,17). The molecular formula is C14H14BrNO2S. The van der Waals surface area contributed by atoms with Crippen LogP contribution in [0.4, 0.5) is 4.79 Å². The summed E-state index contributed by atoms with van der Waals surface area (Å²) in [6.45, 7) is 0.882. The van der Waals surface area contributed by atoms with Crippen LogP contribution in [-0.4, -0.2) is 12.6 Å². The minimum Gasteiger partial charge on any atom is -0.445 e. The van der Waals surface area contributed by atoms with Gasteiger partial charge in [0.15, 0.2) is 0 Å². The van der Waals surface area contributed by atoms with E-state index in [0.29, 0.717) is 13.2 Å². The van der Waals surface area contributed by atoms with Crippen LogP contribution in [0.15, 0.2) is 45.6 Å². The maximum Gasteiger partial charge on any atom is 0.407 e. The number of thiophene rings is 1. The van der Waals surface area contributed by atoms with E-state index in [-0.39, 0.29) is 6.09 Å². The number of halogens is 1. The van der Waals surface area contributed by atoms with Crippen LogP contribution in [0.1, 0.15) is 11.1 Å². The monoisotopic (exact) mass is 339 g/mol. The molecule has 1 amide bonds. The molecule has 0 atom stereocenters. The van der Waals surface area contributed by atoms with E-state index in [9.17, 15) is 4.79 Å². The zero-order valence-electron chi connectivity index (χ0n) is 10.3. The molecule has 5 heteroatoms. The molecule has 2 rings (SSSR count). The van der Waals surface area contributed by atoms with E-state index in [0.717, 1.165) is 15.8 Å². The van der Waals surface area contributed by atoms with Crippen LogP contribution < -0.4 is 5.32 Å². The molecule has 0 saturated carbocycles. The maximum atomic E-state index is 11.5. The lowest BCUT2D eigenvalue weighted by atomic mass is 10.2. The Morgan fingerprint density at radius 2 is 2.05 bits per heavy atom. The Morgan fingerprint density at radius 1 is 1.26 bits per heavy atom. The molecule has 19 heavy (non-hydrogen) atoms. The lowest BCUT2D eigenvalue weighted by Gasteiger charge is -2.06. The smallest absolute Gasteiger partial charge is 0.407 e. The Labute approximate surface area is 124 Å². The fourth-order valence-electron chi connectivity index (χ4n) is 1.56. The molecular weight excluding hydrogens is 326 g/mol. The Bertz CT molecular complexity index is 527. The summed E-state index contributed by atoms with van der Waals surface area (Å²) in [7, 11) is 0. The summed E-state index contributed by atoms with van der Waals surface area (Å²) in [4.78, 5) is 11.5. The summed E-state index contributed by atoms with van der Waals surface area (Å²) in [5, 5.41) is 4.81. The highest BCUT2D eigenvalue weighted by Crippen LogP contribution is 2.20. The summed E-state index contributed by atoms with van der Waals surface area (Å²) in [5.41, 5.74) is 2.19. The molecule has 1 heterocycles. The van der Waals surface area contributed by atoms with Crippen LogP contribution >= 0.6 is 27.3 Å². The fraction of sp³-hybridized carbons (Fsp3) is 0.214. The molecule has 1 aromatic carbocycles. The van der Waals surface area contributed by atoms with Gasteiger partial charge in [0.05, 0.1) is 3.79 Å². The van der Waals surface area contributed by atoms with Crippen molar-refractivity contribution in [2.45, 2.75) is 13.0 Å². The van der Waals surface area contributed by atoms with Crippen molar-refractivity contribution in [3.05, 3.63) is 56.7 Å². The lowest BCUT2D eigenvalue weighted by Crippen LogP contribution is -2.26. The molecule has 100 valence electrons. The van der Waals surface area contributed by atoms with Gasteiger partial charge in [-0.1, -0.05) is 30.3 Å². The van der Waals surface area contributed by atoms with E-state index < -0.39 is 0 Å². The van der Waals surface area contributed by atoms with E-state index >= 15 is 0 Å². The van der Waals surface area contributed by atoms with Crippen molar-refractivity contribution in [1.29, 1.82) is 0 Å². The van der Waals surface area contributed by atoms with Crippen LogP contribution in [0.3, 0.4) is 0 Å². The normalized spacial score (nSPS) is 10.2. The van der Waals surface area contributed by atoms with Gasteiger partial charge in [0.1, 0.15) is 6.61 Å². The van der Waals surface area contributed by atoms with Crippen molar-refractivity contribution in [2.75, 3.05) is 6.54 Å². The van der Waals surface area contributed by atoms with E-state index in [1.54, 1.807) is 11.3 Å². The minimum atomic E-state index is -0.377. The Morgan fingerprint density at radius 3 is 2.74 bits per heavy atom. The number of benzene rings is 1. The van der Waals surface area contributed by atoms with Crippen molar-refractivity contribution in [3.8, 4) is 0 Å².